The molecule has 0 aromatic carbocycles. The minimum atomic E-state index is -0.233. The Morgan fingerprint density at radius 1 is 1.33 bits per heavy atom. The molecule has 1 amide bonds. The van der Waals surface area contributed by atoms with Gasteiger partial charge in [0.05, 0.1) is 23.5 Å². The second kappa shape index (κ2) is 4.80. The second-order valence-electron chi connectivity index (χ2n) is 6.14. The molecule has 2 aromatic heterocycles. The van der Waals surface area contributed by atoms with Crippen LogP contribution >= 0.6 is 0 Å². The van der Waals surface area contributed by atoms with E-state index in [1.54, 1.807) is 12.4 Å². The van der Waals surface area contributed by atoms with Crippen LogP contribution in [-0.4, -0.2) is 33.7 Å². The lowest BCUT2D eigenvalue weighted by Gasteiger charge is -2.37. The Hall–Kier alpha value is -1.95. The van der Waals surface area contributed by atoms with E-state index in [1.165, 1.54) is 6.42 Å². The first-order valence-electron chi connectivity index (χ1n) is 7.62. The molecular formula is C15H19N5O. The molecular weight excluding hydrogens is 266 g/mol. The summed E-state index contributed by atoms with van der Waals surface area (Å²) in [4.78, 5) is 17.1. The first kappa shape index (κ1) is 12.8. The largest absolute Gasteiger partial charge is 0.324 e. The van der Waals surface area contributed by atoms with Crippen LogP contribution in [0.15, 0.2) is 18.5 Å². The SMILES string of the molecule is O=C(Nc1cnc2[nH]ncc2c1)[C@@]12CCCC[C@@H]1NCC2. The lowest BCUT2D eigenvalue weighted by Crippen LogP contribution is -2.47. The van der Waals surface area contributed by atoms with E-state index >= 15 is 0 Å². The number of carbonyl (C=O) groups excluding carboxylic acids is 1. The minimum Gasteiger partial charge on any atom is -0.324 e. The molecule has 1 saturated carbocycles. The van der Waals surface area contributed by atoms with Crippen LogP contribution in [0.1, 0.15) is 32.1 Å². The molecule has 2 fully saturated rings. The maximum atomic E-state index is 12.8. The Balaban J connectivity index is 1.59. The van der Waals surface area contributed by atoms with Gasteiger partial charge in [0.1, 0.15) is 0 Å². The molecule has 2 aliphatic rings. The fourth-order valence-corrected chi connectivity index (χ4v) is 3.85. The van der Waals surface area contributed by atoms with E-state index in [0.29, 0.717) is 6.04 Å². The maximum Gasteiger partial charge on any atom is 0.232 e. The summed E-state index contributed by atoms with van der Waals surface area (Å²) >= 11 is 0. The number of aromatic nitrogens is 3. The molecule has 2 atom stereocenters. The molecule has 1 saturated heterocycles. The van der Waals surface area contributed by atoms with Gasteiger partial charge in [0, 0.05) is 11.4 Å². The van der Waals surface area contributed by atoms with Crippen LogP contribution in [-0.2, 0) is 4.79 Å². The van der Waals surface area contributed by atoms with Crippen LogP contribution in [0.2, 0.25) is 0 Å². The van der Waals surface area contributed by atoms with Gasteiger partial charge in [-0.05, 0) is 31.9 Å². The Labute approximate surface area is 122 Å². The summed E-state index contributed by atoms with van der Waals surface area (Å²) < 4.78 is 0. The zero-order valence-corrected chi connectivity index (χ0v) is 11.9. The average Bonchev–Trinajstić information content (AvgIpc) is 3.13. The molecule has 0 unspecified atom stereocenters. The highest BCUT2D eigenvalue weighted by Crippen LogP contribution is 2.43. The summed E-state index contributed by atoms with van der Waals surface area (Å²) in [5, 5.41) is 14.3. The topological polar surface area (TPSA) is 82.7 Å². The number of hydrogen-bond donors (Lipinski definition) is 3. The third kappa shape index (κ3) is 2.01. The highest BCUT2D eigenvalue weighted by atomic mass is 16.2. The predicted octanol–water partition coefficient (Wildman–Crippen LogP) is 1.82. The quantitative estimate of drug-likeness (QED) is 0.786. The van der Waals surface area contributed by atoms with Crippen molar-refractivity contribution in [1.82, 2.24) is 20.5 Å². The number of hydrogen-bond acceptors (Lipinski definition) is 4. The summed E-state index contributed by atoms with van der Waals surface area (Å²) in [6, 6.07) is 2.25. The molecule has 6 nitrogen and oxygen atoms in total. The van der Waals surface area contributed by atoms with Crippen LogP contribution in [0.3, 0.4) is 0 Å². The second-order valence-corrected chi connectivity index (χ2v) is 6.14. The van der Waals surface area contributed by atoms with Gasteiger partial charge >= 0.3 is 0 Å². The van der Waals surface area contributed by atoms with Crippen LogP contribution in [0.5, 0.6) is 0 Å². The highest BCUT2D eigenvalue weighted by Gasteiger charge is 2.49. The van der Waals surface area contributed by atoms with Gasteiger partial charge in [0.2, 0.25) is 5.91 Å². The highest BCUT2D eigenvalue weighted by molar-refractivity contribution is 5.97. The van der Waals surface area contributed by atoms with Gasteiger partial charge in [-0.2, -0.15) is 5.10 Å². The van der Waals surface area contributed by atoms with Gasteiger partial charge in [-0.1, -0.05) is 12.8 Å². The molecule has 0 radical (unpaired) electrons. The number of aromatic amines is 1. The number of fused-ring (bicyclic) bond motifs is 2. The zero-order valence-electron chi connectivity index (χ0n) is 11.9. The minimum absolute atomic E-state index is 0.141. The van der Waals surface area contributed by atoms with Gasteiger partial charge in [-0.15, -0.1) is 0 Å². The van der Waals surface area contributed by atoms with Crippen molar-refractivity contribution in [3.63, 3.8) is 0 Å². The molecule has 6 heteroatoms. The lowest BCUT2D eigenvalue weighted by atomic mass is 9.70. The van der Waals surface area contributed by atoms with Crippen molar-refractivity contribution in [3.8, 4) is 0 Å². The van der Waals surface area contributed by atoms with Gasteiger partial charge in [0.25, 0.3) is 0 Å². The number of nitrogens with one attached hydrogen (secondary N) is 3. The standard InChI is InChI=1S/C15H19N5O/c21-14(15-4-2-1-3-12(15)16-6-5-15)19-11-7-10-8-18-20-13(10)17-9-11/h7-9,12,16H,1-6H2,(H,19,21)(H,17,18,20)/t12-,15+/m0/s1. The Morgan fingerprint density at radius 3 is 3.24 bits per heavy atom. The Morgan fingerprint density at radius 2 is 2.29 bits per heavy atom. The van der Waals surface area contributed by atoms with Crippen molar-refractivity contribution >= 4 is 22.6 Å². The molecule has 0 spiro atoms. The van der Waals surface area contributed by atoms with E-state index in [4.69, 9.17) is 0 Å². The fraction of sp³-hybridized carbons (Fsp3) is 0.533. The van der Waals surface area contributed by atoms with Gasteiger partial charge in [-0.25, -0.2) is 4.98 Å². The third-order valence-electron chi connectivity index (χ3n) is 5.00. The van der Waals surface area contributed by atoms with Crippen molar-refractivity contribution < 1.29 is 4.79 Å². The monoisotopic (exact) mass is 285 g/mol. The van der Waals surface area contributed by atoms with E-state index in [-0.39, 0.29) is 11.3 Å². The van der Waals surface area contributed by atoms with E-state index < -0.39 is 0 Å². The Kier molecular flexibility index (Phi) is 2.92. The third-order valence-corrected chi connectivity index (χ3v) is 5.00. The molecule has 110 valence electrons. The van der Waals surface area contributed by atoms with Crippen molar-refractivity contribution in [2.24, 2.45) is 5.41 Å². The number of nitrogens with zero attached hydrogens (tertiary/aromatic N) is 2. The molecule has 1 aliphatic carbocycles. The van der Waals surface area contributed by atoms with Crippen molar-refractivity contribution in [2.75, 3.05) is 11.9 Å². The normalized spacial score (nSPS) is 28.5. The summed E-state index contributed by atoms with van der Waals surface area (Å²) in [5.74, 6) is 0.141. The van der Waals surface area contributed by atoms with Crippen molar-refractivity contribution in [3.05, 3.63) is 18.5 Å². The number of rotatable bonds is 2. The van der Waals surface area contributed by atoms with E-state index in [9.17, 15) is 4.79 Å². The van der Waals surface area contributed by atoms with Crippen molar-refractivity contribution in [1.29, 1.82) is 0 Å². The molecule has 2 aromatic rings. The zero-order chi connectivity index (χ0) is 14.3. The number of pyridine rings is 1. The van der Waals surface area contributed by atoms with Crippen molar-refractivity contribution in [2.45, 2.75) is 38.1 Å². The molecule has 3 N–H and O–H groups in total. The molecule has 4 rings (SSSR count). The van der Waals surface area contributed by atoms with Crippen LogP contribution < -0.4 is 10.6 Å². The summed E-state index contributed by atoms with van der Waals surface area (Å²) in [7, 11) is 0. The predicted molar refractivity (Wildman–Crippen MR) is 79.8 cm³/mol. The smallest absolute Gasteiger partial charge is 0.232 e. The molecule has 0 bridgehead atoms. The molecule has 21 heavy (non-hydrogen) atoms. The Bertz CT molecular complexity index is 682. The van der Waals surface area contributed by atoms with Crippen LogP contribution in [0.4, 0.5) is 5.69 Å². The fourth-order valence-electron chi connectivity index (χ4n) is 3.85. The van der Waals surface area contributed by atoms with Crippen LogP contribution in [0.25, 0.3) is 11.0 Å². The number of carbonyl (C=O) groups is 1. The lowest BCUT2D eigenvalue weighted by molar-refractivity contribution is -0.127. The maximum absolute atomic E-state index is 12.8. The van der Waals surface area contributed by atoms with Crippen LogP contribution in [0, 0.1) is 5.41 Å². The molecule has 3 heterocycles. The van der Waals surface area contributed by atoms with E-state index in [0.717, 1.165) is 48.9 Å². The average molecular weight is 285 g/mol. The summed E-state index contributed by atoms with van der Waals surface area (Å²) in [6.45, 7) is 0.942. The van der Waals surface area contributed by atoms with Gasteiger partial charge < -0.3 is 10.6 Å². The number of anilines is 1. The van der Waals surface area contributed by atoms with E-state index in [2.05, 4.69) is 25.8 Å². The first-order chi connectivity index (χ1) is 10.3. The number of amides is 1. The number of H-pyrrole nitrogens is 1. The van der Waals surface area contributed by atoms with Gasteiger partial charge in [0.15, 0.2) is 5.65 Å². The summed E-state index contributed by atoms with van der Waals surface area (Å²) in [5.41, 5.74) is 1.26. The van der Waals surface area contributed by atoms with E-state index in [1.807, 2.05) is 6.07 Å². The molecule has 1 aliphatic heterocycles. The first-order valence-corrected chi connectivity index (χ1v) is 7.62. The summed E-state index contributed by atoms with van der Waals surface area (Å²) in [6.07, 6.45) is 8.79. The van der Waals surface area contributed by atoms with Gasteiger partial charge in [-0.3, -0.25) is 9.89 Å².